The van der Waals surface area contributed by atoms with Crippen molar-refractivity contribution in [1.82, 2.24) is 4.90 Å². The van der Waals surface area contributed by atoms with Crippen LogP contribution in [0.15, 0.2) is 18.2 Å². The summed E-state index contributed by atoms with van der Waals surface area (Å²) in [5.41, 5.74) is 0.560. The van der Waals surface area contributed by atoms with Crippen molar-refractivity contribution in [3.05, 3.63) is 28.2 Å². The number of hydrogen-bond donors (Lipinski definition) is 1. The Morgan fingerprint density at radius 2 is 1.89 bits per heavy atom. The fourth-order valence-corrected chi connectivity index (χ4v) is 2.95. The summed E-state index contributed by atoms with van der Waals surface area (Å²) in [6, 6.07) is 4.94. The van der Waals surface area contributed by atoms with Gasteiger partial charge in [-0.1, -0.05) is 37.0 Å². The largest absolute Gasteiger partial charge is 0.324 e. The highest BCUT2D eigenvalue weighted by molar-refractivity contribution is 6.35. The number of piperidine rings is 1. The minimum absolute atomic E-state index is 0.109. The van der Waals surface area contributed by atoms with E-state index in [4.69, 9.17) is 23.2 Å². The molecule has 1 aliphatic rings. The molecule has 0 radical (unpaired) electrons. The van der Waals surface area contributed by atoms with Crippen LogP contribution in [0.3, 0.4) is 0 Å². The van der Waals surface area contributed by atoms with E-state index in [0.717, 1.165) is 13.1 Å². The monoisotopic (exact) mass is 300 g/mol. The molecule has 1 saturated heterocycles. The third-order valence-corrected chi connectivity index (χ3v) is 3.89. The Bertz CT molecular complexity index is 469. The minimum Gasteiger partial charge on any atom is -0.324 e. The highest BCUT2D eigenvalue weighted by Crippen LogP contribution is 2.27. The number of urea groups is 1. The molecule has 1 aromatic rings. The summed E-state index contributed by atoms with van der Waals surface area (Å²) < 4.78 is 0. The number of benzene rings is 1. The van der Waals surface area contributed by atoms with Gasteiger partial charge in [-0.25, -0.2) is 4.79 Å². The lowest BCUT2D eigenvalue weighted by Crippen LogP contribution is -2.44. The number of nitrogens with one attached hydrogen (secondary N) is 1. The Balaban J connectivity index is 2.06. The van der Waals surface area contributed by atoms with Crippen molar-refractivity contribution in [1.29, 1.82) is 0 Å². The van der Waals surface area contributed by atoms with Gasteiger partial charge in [0.1, 0.15) is 0 Å². The molecule has 0 saturated carbocycles. The first-order valence-corrected chi connectivity index (χ1v) is 7.22. The average Bonchev–Trinajstić information content (AvgIpc) is 2.32. The number of halogens is 2. The molecule has 19 heavy (non-hydrogen) atoms. The van der Waals surface area contributed by atoms with Gasteiger partial charge in [-0.2, -0.15) is 0 Å². The molecule has 104 valence electrons. The number of likely N-dealkylation sites (tertiary alicyclic amines) is 1. The van der Waals surface area contributed by atoms with Crippen molar-refractivity contribution in [3.63, 3.8) is 0 Å². The summed E-state index contributed by atoms with van der Waals surface area (Å²) in [5.74, 6) is 1.06. The summed E-state index contributed by atoms with van der Waals surface area (Å²) in [5, 5.41) is 3.88. The number of carbonyl (C=O) groups is 1. The van der Waals surface area contributed by atoms with Crippen molar-refractivity contribution in [2.45, 2.75) is 20.3 Å². The first-order valence-electron chi connectivity index (χ1n) is 6.46. The van der Waals surface area contributed by atoms with Crippen molar-refractivity contribution in [2.75, 3.05) is 18.4 Å². The van der Waals surface area contributed by atoms with Crippen LogP contribution in [0.2, 0.25) is 10.0 Å². The van der Waals surface area contributed by atoms with Gasteiger partial charge in [0.15, 0.2) is 0 Å². The molecule has 0 spiro atoms. The Morgan fingerprint density at radius 3 is 2.53 bits per heavy atom. The maximum absolute atomic E-state index is 12.2. The quantitative estimate of drug-likeness (QED) is 0.813. The second kappa shape index (κ2) is 6.02. The van der Waals surface area contributed by atoms with Crippen LogP contribution >= 0.6 is 23.2 Å². The fraction of sp³-hybridized carbons (Fsp3) is 0.500. The van der Waals surface area contributed by atoms with Crippen LogP contribution in [-0.2, 0) is 0 Å². The number of anilines is 1. The second-order valence-electron chi connectivity index (χ2n) is 5.41. The average molecular weight is 301 g/mol. The van der Waals surface area contributed by atoms with Crippen molar-refractivity contribution in [2.24, 2.45) is 11.8 Å². The molecule has 1 N–H and O–H groups in total. The van der Waals surface area contributed by atoms with E-state index in [0.29, 0.717) is 27.6 Å². The number of carbonyl (C=O) groups excluding carboxylic acids is 1. The zero-order chi connectivity index (χ0) is 14.0. The number of rotatable bonds is 1. The second-order valence-corrected chi connectivity index (χ2v) is 6.25. The highest BCUT2D eigenvalue weighted by atomic mass is 35.5. The van der Waals surface area contributed by atoms with E-state index in [1.165, 1.54) is 6.42 Å². The summed E-state index contributed by atoms with van der Waals surface area (Å²) in [4.78, 5) is 14.1. The van der Waals surface area contributed by atoms with Gasteiger partial charge in [0.05, 0.1) is 10.7 Å². The van der Waals surface area contributed by atoms with E-state index in [2.05, 4.69) is 19.2 Å². The Kier molecular flexibility index (Phi) is 4.58. The molecule has 0 aromatic heterocycles. The lowest BCUT2D eigenvalue weighted by Gasteiger charge is -2.35. The zero-order valence-electron chi connectivity index (χ0n) is 11.1. The summed E-state index contributed by atoms with van der Waals surface area (Å²) in [7, 11) is 0. The first-order chi connectivity index (χ1) is 8.95. The molecular weight excluding hydrogens is 283 g/mol. The van der Waals surface area contributed by atoms with Crippen LogP contribution in [0.5, 0.6) is 0 Å². The van der Waals surface area contributed by atoms with E-state index in [1.807, 2.05) is 4.90 Å². The van der Waals surface area contributed by atoms with Gasteiger partial charge < -0.3 is 10.2 Å². The van der Waals surface area contributed by atoms with Gasteiger partial charge in [0, 0.05) is 18.1 Å². The lowest BCUT2D eigenvalue weighted by molar-refractivity contribution is 0.156. The van der Waals surface area contributed by atoms with Crippen LogP contribution in [0, 0.1) is 11.8 Å². The molecular formula is C14H18Cl2N2O. The van der Waals surface area contributed by atoms with Gasteiger partial charge in [0.25, 0.3) is 0 Å². The van der Waals surface area contributed by atoms with Crippen LogP contribution in [0.1, 0.15) is 20.3 Å². The van der Waals surface area contributed by atoms with E-state index >= 15 is 0 Å². The summed E-state index contributed by atoms with van der Waals surface area (Å²) in [6.07, 6.45) is 1.17. The summed E-state index contributed by atoms with van der Waals surface area (Å²) >= 11 is 12.0. The number of amides is 2. The Morgan fingerprint density at radius 1 is 1.26 bits per heavy atom. The topological polar surface area (TPSA) is 32.3 Å². The van der Waals surface area contributed by atoms with Crippen molar-refractivity contribution in [3.8, 4) is 0 Å². The van der Waals surface area contributed by atoms with Gasteiger partial charge >= 0.3 is 6.03 Å². The number of hydrogen-bond acceptors (Lipinski definition) is 1. The van der Waals surface area contributed by atoms with E-state index in [-0.39, 0.29) is 6.03 Å². The smallest absolute Gasteiger partial charge is 0.321 e. The molecule has 2 atom stereocenters. The predicted molar refractivity (Wildman–Crippen MR) is 80.0 cm³/mol. The summed E-state index contributed by atoms with van der Waals surface area (Å²) in [6.45, 7) is 5.91. The SMILES string of the molecule is C[C@@H]1C[C@H](C)CN(C(=O)Nc2cc(Cl)ccc2Cl)C1. The molecule has 2 amide bonds. The molecule has 1 fully saturated rings. The highest BCUT2D eigenvalue weighted by Gasteiger charge is 2.25. The molecule has 0 aliphatic carbocycles. The normalized spacial score (nSPS) is 23.3. The third kappa shape index (κ3) is 3.77. The third-order valence-electron chi connectivity index (χ3n) is 3.33. The maximum Gasteiger partial charge on any atom is 0.321 e. The Labute approximate surface area is 123 Å². The van der Waals surface area contributed by atoms with Crippen LogP contribution < -0.4 is 5.32 Å². The molecule has 2 rings (SSSR count). The number of nitrogens with zero attached hydrogens (tertiary/aromatic N) is 1. The molecule has 1 aromatic carbocycles. The first kappa shape index (κ1) is 14.5. The molecule has 1 aliphatic heterocycles. The minimum atomic E-state index is -0.109. The molecule has 5 heteroatoms. The standard InChI is InChI=1S/C14H18Cl2N2O/c1-9-5-10(2)8-18(7-9)14(19)17-13-6-11(15)3-4-12(13)16/h3-4,6,9-10H,5,7-8H2,1-2H3,(H,17,19)/t9-,10+. The predicted octanol–water partition coefficient (Wildman–Crippen LogP) is 4.50. The van der Waals surface area contributed by atoms with Gasteiger partial charge in [0.2, 0.25) is 0 Å². The van der Waals surface area contributed by atoms with Crippen LogP contribution in [0.4, 0.5) is 10.5 Å². The van der Waals surface area contributed by atoms with E-state index in [1.54, 1.807) is 18.2 Å². The van der Waals surface area contributed by atoms with E-state index < -0.39 is 0 Å². The van der Waals surface area contributed by atoms with Gasteiger partial charge in [-0.15, -0.1) is 0 Å². The van der Waals surface area contributed by atoms with E-state index in [9.17, 15) is 4.79 Å². The molecule has 0 unspecified atom stereocenters. The molecule has 0 bridgehead atoms. The zero-order valence-corrected chi connectivity index (χ0v) is 12.6. The molecule has 3 nitrogen and oxygen atoms in total. The Hall–Kier alpha value is -0.930. The van der Waals surface area contributed by atoms with Crippen molar-refractivity contribution < 1.29 is 4.79 Å². The lowest BCUT2D eigenvalue weighted by atomic mass is 9.92. The van der Waals surface area contributed by atoms with Crippen LogP contribution in [0.25, 0.3) is 0 Å². The fourth-order valence-electron chi connectivity index (χ4n) is 2.62. The van der Waals surface area contributed by atoms with Gasteiger partial charge in [-0.3, -0.25) is 0 Å². The van der Waals surface area contributed by atoms with Crippen molar-refractivity contribution >= 4 is 34.9 Å². The van der Waals surface area contributed by atoms with Gasteiger partial charge in [-0.05, 0) is 36.5 Å². The van der Waals surface area contributed by atoms with Crippen LogP contribution in [-0.4, -0.2) is 24.0 Å². The maximum atomic E-state index is 12.2. The molecule has 1 heterocycles.